The van der Waals surface area contributed by atoms with Crippen LogP contribution in [0.2, 0.25) is 0 Å². The van der Waals surface area contributed by atoms with Crippen LogP contribution in [0.4, 0.5) is 0 Å². The van der Waals surface area contributed by atoms with Gasteiger partial charge in [0.25, 0.3) is 0 Å². The van der Waals surface area contributed by atoms with E-state index in [1.807, 2.05) is 48.5 Å². The molecule has 34 heavy (non-hydrogen) atoms. The minimum atomic E-state index is -0.272. The topological polar surface area (TPSA) is 98.2 Å². The molecule has 4 rings (SSSR count). The van der Waals surface area contributed by atoms with Gasteiger partial charge < -0.3 is 14.8 Å². The molecule has 0 spiro atoms. The maximum atomic E-state index is 12.8. The van der Waals surface area contributed by atoms with E-state index in [-0.39, 0.29) is 29.3 Å². The molecule has 8 nitrogen and oxygen atoms in total. The first-order chi connectivity index (χ1) is 16.5. The van der Waals surface area contributed by atoms with E-state index < -0.39 is 0 Å². The Balaban J connectivity index is 1.38. The zero-order valence-electron chi connectivity index (χ0n) is 19.5. The monoisotopic (exact) mass is 482 g/mol. The molecule has 1 aliphatic rings. The van der Waals surface area contributed by atoms with Gasteiger partial charge in [-0.15, -0.1) is 5.10 Å². The van der Waals surface area contributed by atoms with Gasteiger partial charge in [-0.2, -0.15) is 0 Å². The Bertz CT molecular complexity index is 1160. The number of benzene rings is 2. The van der Waals surface area contributed by atoms with Gasteiger partial charge >= 0.3 is 5.69 Å². The molecule has 0 saturated carbocycles. The van der Waals surface area contributed by atoms with Gasteiger partial charge in [0.15, 0.2) is 16.7 Å². The summed E-state index contributed by atoms with van der Waals surface area (Å²) in [4.78, 5) is 25.0. The van der Waals surface area contributed by atoms with Crippen molar-refractivity contribution in [3.8, 4) is 11.5 Å². The Morgan fingerprint density at radius 3 is 2.68 bits per heavy atom. The molecule has 1 unspecified atom stereocenters. The number of nitrogens with zero attached hydrogens (tertiary/aromatic N) is 2. The first-order valence-corrected chi connectivity index (χ1v) is 12.5. The van der Waals surface area contributed by atoms with Gasteiger partial charge in [-0.3, -0.25) is 9.36 Å². The SMILES string of the molecule is CC(C)C(NC(=O)CSc1n[nH]c(=O)n1CCc1ccccc1)c1ccc2c(c1)OCCCO2. The van der Waals surface area contributed by atoms with Crippen molar-refractivity contribution in [3.05, 3.63) is 70.1 Å². The van der Waals surface area contributed by atoms with Crippen LogP contribution in [0.1, 0.15) is 37.4 Å². The Hall–Kier alpha value is -3.20. The van der Waals surface area contributed by atoms with Crippen LogP contribution in [0.5, 0.6) is 11.5 Å². The minimum Gasteiger partial charge on any atom is -0.490 e. The number of H-pyrrole nitrogens is 1. The molecular formula is C25H30N4O4S. The molecule has 1 atom stereocenters. The number of aromatic amines is 1. The lowest BCUT2D eigenvalue weighted by molar-refractivity contribution is -0.119. The largest absolute Gasteiger partial charge is 0.490 e. The van der Waals surface area contributed by atoms with Gasteiger partial charge in [-0.25, -0.2) is 9.89 Å². The van der Waals surface area contributed by atoms with Gasteiger partial charge in [-0.1, -0.05) is 62.0 Å². The van der Waals surface area contributed by atoms with Crippen LogP contribution in [-0.2, 0) is 17.8 Å². The van der Waals surface area contributed by atoms with Crippen LogP contribution in [0, 0.1) is 5.92 Å². The standard InChI is InChI=1S/C25H30N4O4S/c1-17(2)23(19-9-10-20-21(15-19)33-14-6-13-32-20)26-22(30)16-34-25-28-27-24(31)29(25)12-11-18-7-4-3-5-8-18/h3-5,7-10,15,17,23H,6,11-14,16H2,1-2H3,(H,26,30)(H,27,31). The average Bonchev–Trinajstić information content (AvgIpc) is 3.03. The van der Waals surface area contributed by atoms with Crippen LogP contribution in [0.15, 0.2) is 58.5 Å². The molecule has 0 fully saturated rings. The van der Waals surface area contributed by atoms with Crippen molar-refractivity contribution in [1.29, 1.82) is 0 Å². The zero-order valence-corrected chi connectivity index (χ0v) is 20.3. The molecule has 1 aromatic heterocycles. The number of rotatable bonds is 9. The van der Waals surface area contributed by atoms with Gasteiger partial charge in [0.1, 0.15) is 0 Å². The van der Waals surface area contributed by atoms with E-state index in [2.05, 4.69) is 29.4 Å². The third-order valence-electron chi connectivity index (χ3n) is 5.64. The fourth-order valence-corrected chi connectivity index (χ4v) is 4.63. The molecule has 0 saturated heterocycles. The summed E-state index contributed by atoms with van der Waals surface area (Å²) in [5.74, 6) is 1.65. The molecule has 3 aromatic rings. The molecule has 1 aliphatic heterocycles. The fraction of sp³-hybridized carbons (Fsp3) is 0.400. The first-order valence-electron chi connectivity index (χ1n) is 11.5. The predicted octanol–water partition coefficient (Wildman–Crippen LogP) is 3.58. The lowest BCUT2D eigenvalue weighted by Gasteiger charge is -2.24. The molecule has 9 heteroatoms. The Labute approximate surface area is 203 Å². The highest BCUT2D eigenvalue weighted by atomic mass is 32.2. The normalized spacial score (nSPS) is 14.0. The molecule has 180 valence electrons. The summed E-state index contributed by atoms with van der Waals surface area (Å²) in [7, 11) is 0. The number of aromatic nitrogens is 3. The van der Waals surface area contributed by atoms with Crippen molar-refractivity contribution in [2.45, 2.75) is 44.4 Å². The van der Waals surface area contributed by atoms with Gasteiger partial charge in [0.2, 0.25) is 5.91 Å². The number of aryl methyl sites for hydroxylation is 1. The first kappa shape index (κ1) is 23.9. The van der Waals surface area contributed by atoms with Crippen LogP contribution in [0.25, 0.3) is 0 Å². The quantitative estimate of drug-likeness (QED) is 0.453. The van der Waals surface area contributed by atoms with E-state index >= 15 is 0 Å². The van der Waals surface area contributed by atoms with Crippen molar-refractivity contribution >= 4 is 17.7 Å². The third-order valence-corrected chi connectivity index (χ3v) is 6.61. The lowest BCUT2D eigenvalue weighted by Crippen LogP contribution is -2.33. The highest BCUT2D eigenvalue weighted by molar-refractivity contribution is 7.99. The van der Waals surface area contributed by atoms with E-state index in [1.165, 1.54) is 11.8 Å². The van der Waals surface area contributed by atoms with E-state index in [0.717, 1.165) is 23.3 Å². The van der Waals surface area contributed by atoms with Crippen LogP contribution in [0.3, 0.4) is 0 Å². The summed E-state index contributed by atoms with van der Waals surface area (Å²) in [5.41, 5.74) is 1.84. The van der Waals surface area contributed by atoms with E-state index in [1.54, 1.807) is 4.57 Å². The van der Waals surface area contributed by atoms with Crippen molar-refractivity contribution in [3.63, 3.8) is 0 Å². The number of hydrogen-bond acceptors (Lipinski definition) is 6. The number of carbonyl (C=O) groups excluding carboxylic acids is 1. The smallest absolute Gasteiger partial charge is 0.343 e. The maximum absolute atomic E-state index is 12.8. The van der Waals surface area contributed by atoms with Gasteiger partial charge in [0.05, 0.1) is 25.0 Å². The van der Waals surface area contributed by atoms with Crippen molar-refractivity contribution < 1.29 is 14.3 Å². The molecule has 2 N–H and O–H groups in total. The number of carbonyl (C=O) groups is 1. The third kappa shape index (κ3) is 6.02. The molecule has 1 amide bonds. The van der Waals surface area contributed by atoms with Crippen LogP contribution >= 0.6 is 11.8 Å². The molecule has 2 aromatic carbocycles. The van der Waals surface area contributed by atoms with Crippen molar-refractivity contribution in [2.75, 3.05) is 19.0 Å². The zero-order chi connectivity index (χ0) is 23.9. The number of ether oxygens (including phenoxy) is 2. The minimum absolute atomic E-state index is 0.124. The number of hydrogen-bond donors (Lipinski definition) is 2. The van der Waals surface area contributed by atoms with Crippen molar-refractivity contribution in [1.82, 2.24) is 20.1 Å². The fourth-order valence-electron chi connectivity index (χ4n) is 3.85. The number of fused-ring (bicyclic) bond motifs is 1. The molecule has 0 radical (unpaired) electrons. The number of thioether (sulfide) groups is 1. The van der Waals surface area contributed by atoms with Crippen LogP contribution < -0.4 is 20.5 Å². The summed E-state index contributed by atoms with van der Waals surface area (Å²) in [6, 6.07) is 15.6. The van der Waals surface area contributed by atoms with Crippen LogP contribution in [-0.4, -0.2) is 39.6 Å². The molecule has 0 aliphatic carbocycles. The second kappa shape index (κ2) is 11.3. The second-order valence-electron chi connectivity index (χ2n) is 8.53. The van der Waals surface area contributed by atoms with E-state index in [4.69, 9.17) is 9.47 Å². The van der Waals surface area contributed by atoms with E-state index in [9.17, 15) is 9.59 Å². The van der Waals surface area contributed by atoms with Gasteiger partial charge in [0, 0.05) is 13.0 Å². The number of amides is 1. The van der Waals surface area contributed by atoms with E-state index in [0.29, 0.717) is 37.1 Å². The second-order valence-corrected chi connectivity index (χ2v) is 9.48. The highest BCUT2D eigenvalue weighted by Gasteiger charge is 2.22. The average molecular weight is 483 g/mol. The highest BCUT2D eigenvalue weighted by Crippen LogP contribution is 2.34. The molecule has 2 heterocycles. The Kier molecular flexibility index (Phi) is 7.95. The summed E-state index contributed by atoms with van der Waals surface area (Å²) >= 11 is 1.25. The summed E-state index contributed by atoms with van der Waals surface area (Å²) in [5, 5.41) is 10.2. The maximum Gasteiger partial charge on any atom is 0.343 e. The summed E-state index contributed by atoms with van der Waals surface area (Å²) in [6.45, 7) is 5.88. The van der Waals surface area contributed by atoms with Crippen molar-refractivity contribution in [2.24, 2.45) is 5.92 Å². The predicted molar refractivity (Wildman–Crippen MR) is 131 cm³/mol. The van der Waals surface area contributed by atoms with Gasteiger partial charge in [-0.05, 0) is 35.6 Å². The molecular weight excluding hydrogens is 452 g/mol. The summed E-state index contributed by atoms with van der Waals surface area (Å²) in [6.07, 6.45) is 1.55. The Morgan fingerprint density at radius 2 is 1.91 bits per heavy atom. The lowest BCUT2D eigenvalue weighted by atomic mass is 9.95. The molecule has 0 bridgehead atoms. The Morgan fingerprint density at radius 1 is 1.15 bits per heavy atom. The summed E-state index contributed by atoms with van der Waals surface area (Å²) < 4.78 is 13.1. The number of nitrogens with one attached hydrogen (secondary N) is 2.